The first-order valence-electron chi connectivity index (χ1n) is 5.02. The minimum absolute atomic E-state index is 0.0654. The largest absolute Gasteiger partial charge is 0.507 e. The first-order valence-corrected chi connectivity index (χ1v) is 5.02. The molecule has 0 bridgehead atoms. The Morgan fingerprint density at radius 1 is 1.00 bits per heavy atom. The first kappa shape index (κ1) is 11.2. The number of ketones is 1. The number of hydrogen-bond donors (Lipinski definition) is 2. The number of carbonyl (C=O) groups excluding carboxylic acids is 1. The zero-order valence-electron chi connectivity index (χ0n) is 8.96. The van der Waals surface area contributed by atoms with Crippen molar-refractivity contribution in [2.24, 2.45) is 5.90 Å². The molecule has 4 heteroatoms. The van der Waals surface area contributed by atoms with Crippen LogP contribution in [0.2, 0.25) is 0 Å². The second-order valence-electron chi connectivity index (χ2n) is 3.46. The third-order valence-corrected chi connectivity index (χ3v) is 2.41. The summed E-state index contributed by atoms with van der Waals surface area (Å²) >= 11 is 0. The summed E-state index contributed by atoms with van der Waals surface area (Å²) < 4.78 is 0. The highest BCUT2D eigenvalue weighted by Crippen LogP contribution is 2.24. The molecule has 0 aliphatic carbocycles. The molecule has 0 spiro atoms. The summed E-state index contributed by atoms with van der Waals surface area (Å²) in [5, 5.41) is 9.61. The molecule has 2 aromatic rings. The molecule has 86 valence electrons. The Hall–Kier alpha value is -2.33. The van der Waals surface area contributed by atoms with Gasteiger partial charge in [-0.2, -0.15) is 5.90 Å². The molecule has 0 aliphatic heterocycles. The second-order valence-corrected chi connectivity index (χ2v) is 3.46. The van der Waals surface area contributed by atoms with E-state index in [1.807, 2.05) is 0 Å². The van der Waals surface area contributed by atoms with Gasteiger partial charge in [0.1, 0.15) is 5.75 Å². The van der Waals surface area contributed by atoms with Gasteiger partial charge in [0.05, 0.1) is 11.1 Å². The lowest BCUT2D eigenvalue weighted by molar-refractivity contribution is 0.103. The molecule has 0 fully saturated rings. The fraction of sp³-hybridized carbons (Fsp3) is 0. The van der Waals surface area contributed by atoms with Gasteiger partial charge >= 0.3 is 0 Å². The van der Waals surface area contributed by atoms with Gasteiger partial charge in [0.2, 0.25) is 5.78 Å². The summed E-state index contributed by atoms with van der Waals surface area (Å²) in [6.45, 7) is 0. The van der Waals surface area contributed by atoms with Crippen LogP contribution in [0.1, 0.15) is 15.9 Å². The summed E-state index contributed by atoms with van der Waals surface area (Å²) in [5.74, 6) is 4.97. The van der Waals surface area contributed by atoms with E-state index in [2.05, 4.69) is 4.84 Å². The summed E-state index contributed by atoms with van der Waals surface area (Å²) in [4.78, 5) is 16.8. The van der Waals surface area contributed by atoms with E-state index in [9.17, 15) is 9.90 Å². The molecule has 4 nitrogen and oxygen atoms in total. The van der Waals surface area contributed by atoms with Crippen LogP contribution in [-0.2, 0) is 0 Å². The monoisotopic (exact) mass is 229 g/mol. The molecule has 0 heterocycles. The second kappa shape index (κ2) is 4.67. The van der Waals surface area contributed by atoms with Gasteiger partial charge in [-0.25, -0.2) is 0 Å². The van der Waals surface area contributed by atoms with E-state index >= 15 is 0 Å². The number of benzene rings is 2. The van der Waals surface area contributed by atoms with Crippen LogP contribution in [-0.4, -0.2) is 10.9 Å². The highest BCUT2D eigenvalue weighted by atomic mass is 16.6. The molecular weight excluding hydrogens is 218 g/mol. The molecule has 0 unspecified atom stereocenters. The Kier molecular flexibility index (Phi) is 3.07. The summed E-state index contributed by atoms with van der Waals surface area (Å²) in [6, 6.07) is 12.9. The predicted molar refractivity (Wildman–Crippen MR) is 62.8 cm³/mol. The van der Waals surface area contributed by atoms with E-state index in [1.165, 1.54) is 6.07 Å². The number of phenolic OH excluding ortho intramolecular Hbond substituents is 1. The van der Waals surface area contributed by atoms with Gasteiger partial charge in [-0.05, 0) is 24.3 Å². The van der Waals surface area contributed by atoms with Gasteiger partial charge < -0.3 is 9.94 Å². The molecule has 3 N–H and O–H groups in total. The number of para-hydroxylation sites is 2. The van der Waals surface area contributed by atoms with Crippen molar-refractivity contribution in [1.29, 1.82) is 0 Å². The summed E-state index contributed by atoms with van der Waals surface area (Å²) in [5.41, 5.74) is 0.536. The number of phenols is 1. The topological polar surface area (TPSA) is 72.5 Å². The Bertz CT molecular complexity index is 552. The van der Waals surface area contributed by atoms with Crippen LogP contribution < -0.4 is 10.7 Å². The molecule has 2 rings (SSSR count). The fourth-order valence-electron chi connectivity index (χ4n) is 1.57. The van der Waals surface area contributed by atoms with Crippen LogP contribution in [0.3, 0.4) is 0 Å². The normalized spacial score (nSPS) is 9.94. The Morgan fingerprint density at radius 3 is 2.24 bits per heavy atom. The van der Waals surface area contributed by atoms with Gasteiger partial charge in [-0.15, -0.1) is 0 Å². The van der Waals surface area contributed by atoms with E-state index in [-0.39, 0.29) is 22.8 Å². The van der Waals surface area contributed by atoms with Crippen LogP contribution in [0.15, 0.2) is 48.5 Å². The van der Waals surface area contributed by atoms with Crippen LogP contribution >= 0.6 is 0 Å². The molecule has 2 aromatic carbocycles. The fourth-order valence-corrected chi connectivity index (χ4v) is 1.57. The van der Waals surface area contributed by atoms with Crippen LogP contribution in [0, 0.1) is 0 Å². The van der Waals surface area contributed by atoms with E-state index in [0.717, 1.165) is 0 Å². The van der Waals surface area contributed by atoms with Crippen molar-refractivity contribution < 1.29 is 14.7 Å². The van der Waals surface area contributed by atoms with Gasteiger partial charge in [-0.1, -0.05) is 24.3 Å². The van der Waals surface area contributed by atoms with Crippen molar-refractivity contribution in [2.75, 3.05) is 0 Å². The van der Waals surface area contributed by atoms with E-state index < -0.39 is 0 Å². The van der Waals surface area contributed by atoms with Crippen LogP contribution in [0.25, 0.3) is 0 Å². The lowest BCUT2D eigenvalue weighted by atomic mass is 10.0. The van der Waals surface area contributed by atoms with Crippen molar-refractivity contribution >= 4 is 5.78 Å². The number of carbonyl (C=O) groups is 1. The highest BCUT2D eigenvalue weighted by Gasteiger charge is 2.16. The lowest BCUT2D eigenvalue weighted by Crippen LogP contribution is -2.09. The molecule has 0 aromatic heterocycles. The summed E-state index contributed by atoms with van der Waals surface area (Å²) in [7, 11) is 0. The van der Waals surface area contributed by atoms with Crippen molar-refractivity contribution in [2.45, 2.75) is 0 Å². The minimum Gasteiger partial charge on any atom is -0.507 e. The van der Waals surface area contributed by atoms with E-state index in [0.29, 0.717) is 5.56 Å². The highest BCUT2D eigenvalue weighted by molar-refractivity contribution is 6.12. The first-order chi connectivity index (χ1) is 8.24. The summed E-state index contributed by atoms with van der Waals surface area (Å²) in [6.07, 6.45) is 0. The third kappa shape index (κ3) is 2.11. The Morgan fingerprint density at radius 2 is 1.59 bits per heavy atom. The number of nitrogens with two attached hydrogens (primary N) is 1. The maximum Gasteiger partial charge on any atom is 0.200 e. The average Bonchev–Trinajstić information content (AvgIpc) is 2.38. The van der Waals surface area contributed by atoms with E-state index in [4.69, 9.17) is 5.90 Å². The SMILES string of the molecule is NOc1ccccc1C(=O)c1ccccc1O. The minimum atomic E-state index is -0.329. The van der Waals surface area contributed by atoms with Gasteiger partial charge in [0, 0.05) is 0 Å². The molecular formula is C13H11NO3. The molecule has 0 radical (unpaired) electrons. The standard InChI is InChI=1S/C13H11NO3/c14-17-12-8-4-2-6-10(12)13(16)9-5-1-3-7-11(9)15/h1-8,15H,14H2. The van der Waals surface area contributed by atoms with Crippen LogP contribution in [0.4, 0.5) is 0 Å². The Balaban J connectivity index is 2.48. The smallest absolute Gasteiger partial charge is 0.200 e. The van der Waals surface area contributed by atoms with E-state index in [1.54, 1.807) is 42.5 Å². The quantitative estimate of drug-likeness (QED) is 0.622. The molecule has 0 atom stereocenters. The number of aromatic hydroxyl groups is 1. The van der Waals surface area contributed by atoms with Gasteiger partial charge in [0.15, 0.2) is 5.75 Å². The van der Waals surface area contributed by atoms with Gasteiger partial charge in [-0.3, -0.25) is 4.79 Å². The Labute approximate surface area is 98.2 Å². The maximum absolute atomic E-state index is 12.2. The zero-order chi connectivity index (χ0) is 12.3. The maximum atomic E-state index is 12.2. The third-order valence-electron chi connectivity index (χ3n) is 2.41. The molecule has 0 saturated carbocycles. The lowest BCUT2D eigenvalue weighted by Gasteiger charge is -2.07. The molecule has 17 heavy (non-hydrogen) atoms. The zero-order valence-corrected chi connectivity index (χ0v) is 8.96. The average molecular weight is 229 g/mol. The van der Waals surface area contributed by atoms with Crippen LogP contribution in [0.5, 0.6) is 11.5 Å². The number of hydrogen-bond acceptors (Lipinski definition) is 4. The number of rotatable bonds is 3. The molecule has 0 saturated heterocycles. The van der Waals surface area contributed by atoms with Crippen molar-refractivity contribution in [3.63, 3.8) is 0 Å². The van der Waals surface area contributed by atoms with Gasteiger partial charge in [0.25, 0.3) is 0 Å². The predicted octanol–water partition coefficient (Wildman–Crippen LogP) is 1.88. The van der Waals surface area contributed by atoms with Crippen molar-refractivity contribution in [1.82, 2.24) is 0 Å². The van der Waals surface area contributed by atoms with Crippen molar-refractivity contribution in [3.8, 4) is 11.5 Å². The molecule has 0 aliphatic rings. The molecule has 0 amide bonds. The van der Waals surface area contributed by atoms with Crippen molar-refractivity contribution in [3.05, 3.63) is 59.7 Å².